The first-order valence-corrected chi connectivity index (χ1v) is 4.95. The van der Waals surface area contributed by atoms with Gasteiger partial charge in [-0.1, -0.05) is 38.2 Å². The van der Waals surface area contributed by atoms with Crippen molar-refractivity contribution in [3.63, 3.8) is 0 Å². The number of carbonyl (C=O) groups excluding carboxylic acids is 1. The zero-order chi connectivity index (χ0) is 8.81. The molecule has 68 valence electrons. The van der Waals surface area contributed by atoms with Crippen molar-refractivity contribution in [2.75, 3.05) is 0 Å². The van der Waals surface area contributed by atoms with Crippen LogP contribution in [0.15, 0.2) is 12.7 Å². The molecule has 1 saturated carbocycles. The van der Waals surface area contributed by atoms with Crippen LogP contribution in [0.5, 0.6) is 0 Å². The monoisotopic (exact) mass is 166 g/mol. The van der Waals surface area contributed by atoms with Crippen molar-refractivity contribution in [2.24, 2.45) is 5.92 Å². The Morgan fingerprint density at radius 2 is 2.00 bits per heavy atom. The number of Topliss-reactive ketones (excluding diaryl/α,β-unsaturated/α-hetero) is 1. The zero-order valence-electron chi connectivity index (χ0n) is 7.72. The predicted octanol–water partition coefficient (Wildman–Crippen LogP) is 3.10. The van der Waals surface area contributed by atoms with Gasteiger partial charge in [-0.15, -0.1) is 6.58 Å². The van der Waals surface area contributed by atoms with Gasteiger partial charge in [0.1, 0.15) is 5.78 Å². The van der Waals surface area contributed by atoms with Crippen LogP contribution < -0.4 is 0 Å². The maximum absolute atomic E-state index is 11.2. The number of ketones is 1. The Bertz CT molecular complexity index is 154. The number of hydrogen-bond acceptors (Lipinski definition) is 1. The molecule has 1 aliphatic carbocycles. The van der Waals surface area contributed by atoms with Gasteiger partial charge in [0.2, 0.25) is 0 Å². The van der Waals surface area contributed by atoms with E-state index in [1.807, 2.05) is 0 Å². The van der Waals surface area contributed by atoms with E-state index in [1.165, 1.54) is 32.1 Å². The Balaban J connectivity index is 2.19. The van der Waals surface area contributed by atoms with Crippen LogP contribution in [0.25, 0.3) is 0 Å². The molecule has 0 atom stereocenters. The summed E-state index contributed by atoms with van der Waals surface area (Å²) >= 11 is 0. The molecule has 0 N–H and O–H groups in total. The molecule has 0 aromatic carbocycles. The first-order valence-electron chi connectivity index (χ1n) is 4.95. The highest BCUT2D eigenvalue weighted by atomic mass is 16.1. The third kappa shape index (κ3) is 3.21. The van der Waals surface area contributed by atoms with Crippen molar-refractivity contribution in [3.8, 4) is 0 Å². The van der Waals surface area contributed by atoms with E-state index in [0.29, 0.717) is 18.1 Å². The maximum atomic E-state index is 11.2. The van der Waals surface area contributed by atoms with E-state index < -0.39 is 0 Å². The molecule has 1 fully saturated rings. The van der Waals surface area contributed by atoms with Gasteiger partial charge in [0, 0.05) is 12.8 Å². The average molecular weight is 166 g/mol. The summed E-state index contributed by atoms with van der Waals surface area (Å²) in [6, 6.07) is 0. The highest BCUT2D eigenvalue weighted by Crippen LogP contribution is 2.26. The first kappa shape index (κ1) is 9.50. The van der Waals surface area contributed by atoms with Crippen molar-refractivity contribution in [1.29, 1.82) is 0 Å². The highest BCUT2D eigenvalue weighted by Gasteiger charge is 2.15. The fraction of sp³-hybridized carbons (Fsp3) is 0.727. The van der Waals surface area contributed by atoms with Crippen LogP contribution in [0, 0.1) is 5.92 Å². The quantitative estimate of drug-likeness (QED) is 0.586. The molecule has 1 nitrogen and oxygen atoms in total. The third-order valence-electron chi connectivity index (χ3n) is 2.61. The van der Waals surface area contributed by atoms with Crippen molar-refractivity contribution < 1.29 is 4.79 Å². The molecular formula is C11H18O. The summed E-state index contributed by atoms with van der Waals surface area (Å²) in [5.74, 6) is 1.06. The van der Waals surface area contributed by atoms with E-state index in [2.05, 4.69) is 6.58 Å². The van der Waals surface area contributed by atoms with Gasteiger partial charge in [-0.05, 0) is 5.92 Å². The second-order valence-electron chi connectivity index (χ2n) is 3.74. The minimum Gasteiger partial charge on any atom is -0.299 e. The normalized spacial score (nSPS) is 19.0. The minimum absolute atomic E-state index is 0.372. The molecule has 12 heavy (non-hydrogen) atoms. The van der Waals surface area contributed by atoms with Gasteiger partial charge >= 0.3 is 0 Å². The molecule has 0 saturated heterocycles. The van der Waals surface area contributed by atoms with E-state index in [0.717, 1.165) is 6.42 Å². The molecule has 0 aromatic rings. The number of hydrogen-bond donors (Lipinski definition) is 0. The van der Waals surface area contributed by atoms with Gasteiger partial charge in [0.15, 0.2) is 0 Å². The lowest BCUT2D eigenvalue weighted by molar-refractivity contribution is -0.119. The first-order chi connectivity index (χ1) is 5.83. The lowest BCUT2D eigenvalue weighted by atomic mass is 9.85. The van der Waals surface area contributed by atoms with E-state index in [1.54, 1.807) is 6.08 Å². The van der Waals surface area contributed by atoms with Crippen LogP contribution in [0.3, 0.4) is 0 Å². The average Bonchev–Trinajstić information content (AvgIpc) is 2.06. The Morgan fingerprint density at radius 1 is 1.33 bits per heavy atom. The van der Waals surface area contributed by atoms with Crippen molar-refractivity contribution in [1.82, 2.24) is 0 Å². The van der Waals surface area contributed by atoms with Gasteiger partial charge in [0.05, 0.1) is 0 Å². The highest BCUT2D eigenvalue weighted by molar-refractivity contribution is 5.79. The Labute approximate surface area is 74.9 Å². The topological polar surface area (TPSA) is 17.1 Å². The van der Waals surface area contributed by atoms with Crippen LogP contribution in [-0.2, 0) is 4.79 Å². The van der Waals surface area contributed by atoms with Gasteiger partial charge in [-0.3, -0.25) is 4.79 Å². The Morgan fingerprint density at radius 3 is 2.58 bits per heavy atom. The van der Waals surface area contributed by atoms with Gasteiger partial charge in [-0.2, -0.15) is 0 Å². The summed E-state index contributed by atoms with van der Waals surface area (Å²) in [7, 11) is 0. The zero-order valence-corrected chi connectivity index (χ0v) is 7.72. The summed E-state index contributed by atoms with van der Waals surface area (Å²) < 4.78 is 0. The van der Waals surface area contributed by atoms with Crippen molar-refractivity contribution in [3.05, 3.63) is 12.7 Å². The number of carbonyl (C=O) groups is 1. The van der Waals surface area contributed by atoms with Crippen LogP contribution in [0.4, 0.5) is 0 Å². The Hall–Kier alpha value is -0.590. The van der Waals surface area contributed by atoms with Crippen molar-refractivity contribution in [2.45, 2.75) is 44.9 Å². The molecule has 0 unspecified atom stereocenters. The summed E-state index contributed by atoms with van der Waals surface area (Å²) in [6.45, 7) is 3.57. The SMILES string of the molecule is C=CCC(=O)CC1CCCCC1. The molecule has 0 radical (unpaired) electrons. The Kier molecular flexibility index (Phi) is 4.06. The summed E-state index contributed by atoms with van der Waals surface area (Å²) in [5, 5.41) is 0. The maximum Gasteiger partial charge on any atom is 0.136 e. The van der Waals surface area contributed by atoms with E-state index in [4.69, 9.17) is 0 Å². The molecule has 0 amide bonds. The van der Waals surface area contributed by atoms with Gasteiger partial charge < -0.3 is 0 Å². The summed E-state index contributed by atoms with van der Waals surface area (Å²) in [5.41, 5.74) is 0. The molecule has 0 spiro atoms. The predicted molar refractivity (Wildman–Crippen MR) is 51.0 cm³/mol. The molecule has 0 aliphatic heterocycles. The summed E-state index contributed by atoms with van der Waals surface area (Å²) in [6.07, 6.45) is 9.63. The standard InChI is InChI=1S/C11H18O/c1-2-6-11(12)9-10-7-4-3-5-8-10/h2,10H,1,3-9H2. The molecular weight excluding hydrogens is 148 g/mol. The number of allylic oxidation sites excluding steroid dienone is 1. The van der Waals surface area contributed by atoms with Crippen LogP contribution >= 0.6 is 0 Å². The molecule has 0 aromatic heterocycles. The fourth-order valence-electron chi connectivity index (χ4n) is 1.96. The molecule has 1 rings (SSSR count). The minimum atomic E-state index is 0.372. The third-order valence-corrected chi connectivity index (χ3v) is 2.61. The van der Waals surface area contributed by atoms with Crippen LogP contribution in [0.2, 0.25) is 0 Å². The van der Waals surface area contributed by atoms with E-state index in [-0.39, 0.29) is 0 Å². The molecule has 1 aliphatic rings. The molecule has 0 bridgehead atoms. The van der Waals surface area contributed by atoms with Crippen molar-refractivity contribution >= 4 is 5.78 Å². The lowest BCUT2D eigenvalue weighted by Gasteiger charge is -2.20. The van der Waals surface area contributed by atoms with Crippen LogP contribution in [0.1, 0.15) is 44.9 Å². The molecule has 0 heterocycles. The van der Waals surface area contributed by atoms with E-state index in [9.17, 15) is 4.79 Å². The fourth-order valence-corrected chi connectivity index (χ4v) is 1.96. The van der Waals surface area contributed by atoms with Gasteiger partial charge in [0.25, 0.3) is 0 Å². The van der Waals surface area contributed by atoms with Gasteiger partial charge in [-0.25, -0.2) is 0 Å². The summed E-state index contributed by atoms with van der Waals surface area (Å²) in [4.78, 5) is 11.2. The second kappa shape index (κ2) is 5.13. The largest absolute Gasteiger partial charge is 0.299 e. The van der Waals surface area contributed by atoms with Crippen LogP contribution in [-0.4, -0.2) is 5.78 Å². The lowest BCUT2D eigenvalue weighted by Crippen LogP contribution is -2.11. The molecule has 1 heteroatoms. The second-order valence-corrected chi connectivity index (χ2v) is 3.74. The smallest absolute Gasteiger partial charge is 0.136 e. The number of rotatable bonds is 4. The van der Waals surface area contributed by atoms with E-state index >= 15 is 0 Å².